The average Bonchev–Trinajstić information content (AvgIpc) is 3.44. The Balaban J connectivity index is 1.38. The van der Waals surface area contributed by atoms with Crippen LogP contribution in [-0.2, 0) is 0 Å². The van der Waals surface area contributed by atoms with Crippen LogP contribution in [0.2, 0.25) is 0 Å². The van der Waals surface area contributed by atoms with Crippen molar-refractivity contribution < 1.29 is 14.0 Å². The number of oxazole rings is 1. The first-order chi connectivity index (χ1) is 13.5. The van der Waals surface area contributed by atoms with Gasteiger partial charge >= 0.3 is 0 Å². The zero-order valence-electron chi connectivity index (χ0n) is 15.7. The molecule has 3 aromatic rings. The lowest BCUT2D eigenvalue weighted by molar-refractivity contribution is 0.0642. The minimum absolute atomic E-state index is 0.0126. The Kier molecular flexibility index (Phi) is 3.75. The van der Waals surface area contributed by atoms with Crippen molar-refractivity contribution in [2.45, 2.75) is 38.8 Å². The molecule has 1 saturated carbocycles. The Labute approximate surface area is 161 Å². The van der Waals surface area contributed by atoms with E-state index in [1.807, 2.05) is 24.0 Å². The van der Waals surface area contributed by atoms with Gasteiger partial charge in [0.1, 0.15) is 5.76 Å². The van der Waals surface area contributed by atoms with E-state index in [-0.39, 0.29) is 23.9 Å². The normalized spacial score (nSPS) is 23.5. The predicted molar refractivity (Wildman–Crippen MR) is 101 cm³/mol. The van der Waals surface area contributed by atoms with Gasteiger partial charge in [-0.1, -0.05) is 6.07 Å². The fourth-order valence-corrected chi connectivity index (χ4v) is 4.73. The molecular weight excluding hydrogens is 358 g/mol. The van der Waals surface area contributed by atoms with Gasteiger partial charge in [-0.3, -0.25) is 14.7 Å². The van der Waals surface area contributed by atoms with Gasteiger partial charge in [0.15, 0.2) is 12.1 Å². The van der Waals surface area contributed by atoms with Crippen LogP contribution in [-0.4, -0.2) is 50.5 Å². The molecule has 0 radical (unpaired) electrons. The van der Waals surface area contributed by atoms with Crippen LogP contribution in [0.15, 0.2) is 29.1 Å². The zero-order valence-corrected chi connectivity index (χ0v) is 15.7. The smallest absolute Gasteiger partial charge is 0.276 e. The topological polar surface area (TPSA) is 104 Å². The van der Waals surface area contributed by atoms with Gasteiger partial charge in [-0.15, -0.1) is 0 Å². The van der Waals surface area contributed by atoms with Crippen LogP contribution in [0.25, 0.3) is 10.9 Å². The summed E-state index contributed by atoms with van der Waals surface area (Å²) in [5.41, 5.74) is 2.73. The maximum atomic E-state index is 13.1. The molecule has 0 unspecified atom stereocenters. The summed E-state index contributed by atoms with van der Waals surface area (Å²) in [7, 11) is 0. The third kappa shape index (κ3) is 2.51. The number of fused-ring (bicyclic) bond motifs is 3. The largest absolute Gasteiger partial charge is 0.448 e. The first kappa shape index (κ1) is 17.0. The highest BCUT2D eigenvalue weighted by Crippen LogP contribution is 2.39. The van der Waals surface area contributed by atoms with E-state index in [0.717, 1.165) is 29.3 Å². The molecule has 28 heavy (non-hydrogen) atoms. The molecule has 2 fully saturated rings. The number of H-pyrrole nitrogens is 1. The van der Waals surface area contributed by atoms with E-state index in [0.29, 0.717) is 29.5 Å². The summed E-state index contributed by atoms with van der Waals surface area (Å²) in [5, 5.41) is 10.9. The lowest BCUT2D eigenvalue weighted by Gasteiger charge is -2.33. The Hall–Kier alpha value is -3.16. The lowest BCUT2D eigenvalue weighted by Crippen LogP contribution is -2.52. The van der Waals surface area contributed by atoms with Crippen molar-refractivity contribution in [3.63, 3.8) is 0 Å². The van der Waals surface area contributed by atoms with E-state index in [4.69, 9.17) is 4.42 Å². The highest BCUT2D eigenvalue weighted by atomic mass is 16.3. The Morgan fingerprint density at radius 1 is 1.29 bits per heavy atom. The first-order valence-corrected chi connectivity index (χ1v) is 9.47. The first-order valence-electron chi connectivity index (χ1n) is 9.47. The number of nitrogens with one attached hydrogen (secondary N) is 2. The summed E-state index contributed by atoms with van der Waals surface area (Å²) >= 11 is 0. The van der Waals surface area contributed by atoms with Crippen LogP contribution >= 0.6 is 0 Å². The van der Waals surface area contributed by atoms with E-state index < -0.39 is 0 Å². The number of aryl methyl sites for hydroxylation is 2. The molecule has 2 bridgehead atoms. The van der Waals surface area contributed by atoms with E-state index in [9.17, 15) is 9.59 Å². The summed E-state index contributed by atoms with van der Waals surface area (Å²) in [6, 6.07) is 3.76. The van der Waals surface area contributed by atoms with Crippen LogP contribution < -0.4 is 5.32 Å². The second kappa shape index (κ2) is 6.19. The number of piperidine rings is 1. The van der Waals surface area contributed by atoms with Crippen molar-refractivity contribution in [2.75, 3.05) is 6.54 Å². The number of nitrogens with zero attached hydrogens (tertiary/aromatic N) is 3. The molecule has 3 heterocycles. The quantitative estimate of drug-likeness (QED) is 0.726. The number of aromatic nitrogens is 3. The molecule has 8 nitrogen and oxygen atoms in total. The molecule has 8 heteroatoms. The molecule has 1 aromatic carbocycles. The van der Waals surface area contributed by atoms with Gasteiger partial charge < -0.3 is 14.6 Å². The van der Waals surface area contributed by atoms with Crippen molar-refractivity contribution in [1.29, 1.82) is 0 Å². The molecule has 1 saturated heterocycles. The minimum Gasteiger partial charge on any atom is -0.448 e. The molecule has 3 atom stereocenters. The van der Waals surface area contributed by atoms with Crippen LogP contribution in [0.4, 0.5) is 0 Å². The van der Waals surface area contributed by atoms with Gasteiger partial charge in [0.05, 0.1) is 23.3 Å². The summed E-state index contributed by atoms with van der Waals surface area (Å²) < 4.78 is 5.18. The predicted octanol–water partition coefficient (Wildman–Crippen LogP) is 2.20. The molecule has 2 amide bonds. The molecule has 2 N–H and O–H groups in total. The second-order valence-corrected chi connectivity index (χ2v) is 7.79. The molecule has 1 aliphatic carbocycles. The molecule has 1 aliphatic heterocycles. The van der Waals surface area contributed by atoms with Crippen molar-refractivity contribution >= 4 is 22.7 Å². The molecule has 0 spiro atoms. The summed E-state index contributed by atoms with van der Waals surface area (Å²) in [6.45, 7) is 4.37. The number of likely N-dealkylation sites (tertiary alicyclic amines) is 1. The van der Waals surface area contributed by atoms with Crippen molar-refractivity contribution in [3.05, 3.63) is 47.3 Å². The van der Waals surface area contributed by atoms with Crippen LogP contribution in [0.3, 0.4) is 0 Å². The Morgan fingerprint density at radius 2 is 2.14 bits per heavy atom. The van der Waals surface area contributed by atoms with Gasteiger partial charge in [0.25, 0.3) is 11.8 Å². The number of amides is 2. The summed E-state index contributed by atoms with van der Waals surface area (Å²) in [6.07, 6.45) is 4.77. The van der Waals surface area contributed by atoms with Gasteiger partial charge in [-0.25, -0.2) is 4.98 Å². The molecular formula is C20H21N5O3. The average molecular weight is 379 g/mol. The maximum absolute atomic E-state index is 13.1. The Morgan fingerprint density at radius 3 is 2.89 bits per heavy atom. The van der Waals surface area contributed by atoms with Crippen LogP contribution in [0.1, 0.15) is 45.0 Å². The van der Waals surface area contributed by atoms with E-state index in [1.165, 1.54) is 6.39 Å². The van der Waals surface area contributed by atoms with Crippen LogP contribution in [0.5, 0.6) is 0 Å². The highest BCUT2D eigenvalue weighted by Gasteiger charge is 2.48. The number of carbonyl (C=O) groups excluding carboxylic acids is 2. The third-order valence-corrected chi connectivity index (χ3v) is 6.07. The van der Waals surface area contributed by atoms with E-state index in [2.05, 4.69) is 20.5 Å². The number of hydrogen-bond donors (Lipinski definition) is 2. The third-order valence-electron chi connectivity index (χ3n) is 6.07. The van der Waals surface area contributed by atoms with E-state index >= 15 is 0 Å². The number of aromatic amines is 1. The number of benzene rings is 1. The second-order valence-electron chi connectivity index (χ2n) is 7.79. The summed E-state index contributed by atoms with van der Waals surface area (Å²) in [5.74, 6) is 0.686. The molecule has 5 rings (SSSR count). The van der Waals surface area contributed by atoms with Crippen molar-refractivity contribution in [2.24, 2.45) is 5.92 Å². The zero-order chi connectivity index (χ0) is 19.4. The van der Waals surface area contributed by atoms with Gasteiger partial charge in [0, 0.05) is 18.0 Å². The maximum Gasteiger partial charge on any atom is 0.276 e. The Bertz CT molecular complexity index is 1080. The lowest BCUT2D eigenvalue weighted by atomic mass is 10.0. The standard InChI is InChI=1S/C20H21N5O3/c1-10-3-4-14-13(7-22-24-14)17(10)19(26)23-15-5-12-6-16(15)25(8-12)20(27)18-11(2)28-9-21-18/h3-4,7,9,12,15-16H,5-6,8H2,1-2H3,(H,22,24)(H,23,26)/t12-,15-,16-/m1/s1. The highest BCUT2D eigenvalue weighted by molar-refractivity contribution is 6.07. The number of carbonyl (C=O) groups is 2. The van der Waals surface area contributed by atoms with Gasteiger partial charge in [0.2, 0.25) is 0 Å². The molecule has 2 aliphatic rings. The van der Waals surface area contributed by atoms with E-state index in [1.54, 1.807) is 13.1 Å². The van der Waals surface area contributed by atoms with Gasteiger partial charge in [-0.2, -0.15) is 5.10 Å². The number of rotatable bonds is 3. The van der Waals surface area contributed by atoms with Crippen molar-refractivity contribution in [3.8, 4) is 0 Å². The monoisotopic (exact) mass is 379 g/mol. The summed E-state index contributed by atoms with van der Waals surface area (Å²) in [4.78, 5) is 31.9. The van der Waals surface area contributed by atoms with Crippen molar-refractivity contribution in [1.82, 2.24) is 25.4 Å². The fourth-order valence-electron chi connectivity index (χ4n) is 4.73. The molecule has 144 valence electrons. The van der Waals surface area contributed by atoms with Crippen LogP contribution in [0, 0.1) is 19.8 Å². The molecule has 2 aromatic heterocycles. The fraction of sp³-hybridized carbons (Fsp3) is 0.400. The van der Waals surface area contributed by atoms with Gasteiger partial charge in [-0.05, 0) is 44.2 Å². The minimum atomic E-state index is -0.120. The number of hydrogen-bond acceptors (Lipinski definition) is 5. The SMILES string of the molecule is Cc1ccc2[nH]ncc2c1C(=O)N[C@@H]1C[C@@H]2C[C@H]1N(C(=O)c1ncoc1C)C2.